The van der Waals surface area contributed by atoms with Crippen LogP contribution in [0.1, 0.15) is 10.6 Å². The van der Waals surface area contributed by atoms with Crippen molar-refractivity contribution in [2.24, 2.45) is 0 Å². The number of nitrogens with one attached hydrogen (secondary N) is 2. The lowest BCUT2D eigenvalue weighted by atomic mass is 10.3. The number of halogens is 1. The molecule has 2 N–H and O–H groups in total. The van der Waals surface area contributed by atoms with Crippen LogP contribution in [0.5, 0.6) is 5.75 Å². The number of carbonyl (C=O) groups excluding carboxylic acids is 1. The molecule has 0 bridgehead atoms. The number of ether oxygens (including phenoxy) is 2. The van der Waals surface area contributed by atoms with E-state index in [0.717, 1.165) is 16.2 Å². The maximum absolute atomic E-state index is 12.5. The minimum atomic E-state index is -0.779. The first-order valence-corrected chi connectivity index (χ1v) is 9.94. The molecule has 0 radical (unpaired) electrons. The first kappa shape index (κ1) is 20.3. The molecule has 0 aromatic carbocycles. The highest BCUT2D eigenvalue weighted by atomic mass is 35.5. The third-order valence-electron chi connectivity index (χ3n) is 3.41. The number of hydrogen-bond donors (Lipinski definition) is 2. The monoisotopic (exact) mass is 442 g/mol. The molecule has 0 saturated heterocycles. The largest absolute Gasteiger partial charge is 0.488 e. The Bertz CT molecular complexity index is 1030. The second-order valence-corrected chi connectivity index (χ2v) is 7.53. The van der Waals surface area contributed by atoms with Crippen LogP contribution in [0.2, 0.25) is 5.02 Å². The molecule has 1 amide bonds. The molecule has 0 saturated carbocycles. The Hall–Kier alpha value is -2.47. The van der Waals surface area contributed by atoms with E-state index >= 15 is 0 Å². The number of methoxy groups -OCH3 is 2. The number of anilines is 2. The molecule has 148 valence electrons. The smallest absolute Gasteiger partial charge is 0.381 e. The second kappa shape index (κ2) is 9.15. The Morgan fingerprint density at radius 1 is 1.36 bits per heavy atom. The van der Waals surface area contributed by atoms with Crippen LogP contribution in [0.4, 0.5) is 10.8 Å². The van der Waals surface area contributed by atoms with Crippen molar-refractivity contribution >= 4 is 51.0 Å². The zero-order valence-electron chi connectivity index (χ0n) is 14.8. The number of carbonyl (C=O) groups is 1. The highest BCUT2D eigenvalue weighted by Gasteiger charge is 2.19. The number of nitrogens with zero attached hydrogens (tertiary/aromatic N) is 2. The summed E-state index contributed by atoms with van der Waals surface area (Å²) in [6, 6.07) is 3.13. The molecular weight excluding hydrogens is 428 g/mol. The van der Waals surface area contributed by atoms with Gasteiger partial charge in [-0.15, -0.1) is 21.5 Å². The van der Waals surface area contributed by atoms with Gasteiger partial charge < -0.3 is 19.2 Å². The topological polar surface area (TPSA) is 116 Å². The van der Waals surface area contributed by atoms with Gasteiger partial charge in [0.25, 0.3) is 5.91 Å². The van der Waals surface area contributed by atoms with Gasteiger partial charge in [0.2, 0.25) is 10.9 Å². The SMILES string of the molecule is COCCNc1cc(C(=O)Nc2nnc(-c3sccc3Cl)s2)oc(=O)c1OC. The molecular formula is C16H15ClN4O5S2. The van der Waals surface area contributed by atoms with Crippen molar-refractivity contribution in [3.8, 4) is 15.6 Å². The highest BCUT2D eigenvalue weighted by molar-refractivity contribution is 7.23. The predicted molar refractivity (Wildman–Crippen MR) is 108 cm³/mol. The molecule has 9 nitrogen and oxygen atoms in total. The number of thiophene rings is 1. The molecule has 12 heteroatoms. The Morgan fingerprint density at radius 2 is 2.18 bits per heavy atom. The van der Waals surface area contributed by atoms with Gasteiger partial charge in [-0.05, 0) is 11.4 Å². The summed E-state index contributed by atoms with van der Waals surface area (Å²) in [6.07, 6.45) is 0. The molecule has 0 aliphatic carbocycles. The van der Waals surface area contributed by atoms with Gasteiger partial charge in [-0.2, -0.15) is 0 Å². The van der Waals surface area contributed by atoms with Crippen LogP contribution in [-0.4, -0.2) is 43.5 Å². The minimum Gasteiger partial charge on any atom is -0.488 e. The van der Waals surface area contributed by atoms with E-state index in [0.29, 0.717) is 28.9 Å². The zero-order chi connectivity index (χ0) is 20.1. The quantitative estimate of drug-likeness (QED) is 0.511. The lowest BCUT2D eigenvalue weighted by Gasteiger charge is -2.10. The van der Waals surface area contributed by atoms with Gasteiger partial charge in [-0.25, -0.2) is 4.79 Å². The average Bonchev–Trinajstić information content (AvgIpc) is 3.30. The fourth-order valence-electron chi connectivity index (χ4n) is 2.18. The normalized spacial score (nSPS) is 10.7. The average molecular weight is 443 g/mol. The van der Waals surface area contributed by atoms with Gasteiger partial charge in [0, 0.05) is 19.7 Å². The lowest BCUT2D eigenvalue weighted by molar-refractivity contribution is 0.0991. The number of hydrogen-bond acceptors (Lipinski definition) is 10. The third kappa shape index (κ3) is 4.50. The van der Waals surface area contributed by atoms with Gasteiger partial charge in [0.15, 0.2) is 10.8 Å². The summed E-state index contributed by atoms with van der Waals surface area (Å²) in [7, 11) is 2.89. The van der Waals surface area contributed by atoms with Crippen LogP contribution >= 0.6 is 34.3 Å². The van der Waals surface area contributed by atoms with Gasteiger partial charge in [-0.1, -0.05) is 22.9 Å². The summed E-state index contributed by atoms with van der Waals surface area (Å²) in [5, 5.41) is 16.7. The van der Waals surface area contributed by atoms with Crippen LogP contribution in [0.15, 0.2) is 26.7 Å². The van der Waals surface area contributed by atoms with E-state index in [4.69, 9.17) is 25.5 Å². The Balaban J connectivity index is 1.80. The van der Waals surface area contributed by atoms with Crippen molar-refractivity contribution in [2.75, 3.05) is 38.0 Å². The molecule has 0 aliphatic rings. The fourth-order valence-corrected chi connectivity index (χ4v) is 4.22. The van der Waals surface area contributed by atoms with Crippen LogP contribution in [0, 0.1) is 0 Å². The van der Waals surface area contributed by atoms with E-state index < -0.39 is 11.5 Å². The second-order valence-electron chi connectivity index (χ2n) is 5.23. The number of aromatic nitrogens is 2. The highest BCUT2D eigenvalue weighted by Crippen LogP contribution is 2.36. The first-order valence-electron chi connectivity index (χ1n) is 7.86. The van der Waals surface area contributed by atoms with Crippen LogP contribution in [0.25, 0.3) is 9.88 Å². The van der Waals surface area contributed by atoms with Crippen LogP contribution < -0.4 is 21.0 Å². The maximum Gasteiger partial charge on any atom is 0.381 e. The Morgan fingerprint density at radius 3 is 2.86 bits per heavy atom. The minimum absolute atomic E-state index is 0.0295. The van der Waals surface area contributed by atoms with Gasteiger partial charge in [-0.3, -0.25) is 10.1 Å². The molecule has 3 heterocycles. The zero-order valence-corrected chi connectivity index (χ0v) is 17.2. The fraction of sp³-hybridized carbons (Fsp3) is 0.250. The van der Waals surface area contributed by atoms with Crippen molar-refractivity contribution in [1.82, 2.24) is 10.2 Å². The molecule has 3 rings (SSSR count). The van der Waals surface area contributed by atoms with Crippen molar-refractivity contribution in [3.63, 3.8) is 0 Å². The number of amides is 1. The molecule has 3 aromatic heterocycles. The van der Waals surface area contributed by atoms with E-state index in [1.165, 1.54) is 24.5 Å². The van der Waals surface area contributed by atoms with Crippen molar-refractivity contribution < 1.29 is 18.7 Å². The van der Waals surface area contributed by atoms with Crippen molar-refractivity contribution in [1.29, 1.82) is 0 Å². The summed E-state index contributed by atoms with van der Waals surface area (Å²) < 4.78 is 15.1. The Kier molecular flexibility index (Phi) is 6.62. The summed E-state index contributed by atoms with van der Waals surface area (Å²) in [4.78, 5) is 25.4. The van der Waals surface area contributed by atoms with E-state index in [1.54, 1.807) is 13.2 Å². The van der Waals surface area contributed by atoms with Gasteiger partial charge >= 0.3 is 5.63 Å². The van der Waals surface area contributed by atoms with E-state index in [1.807, 2.05) is 5.38 Å². The number of rotatable bonds is 8. The summed E-state index contributed by atoms with van der Waals surface area (Å²) in [5.41, 5.74) is -0.456. The molecule has 28 heavy (non-hydrogen) atoms. The van der Waals surface area contributed by atoms with Crippen LogP contribution in [-0.2, 0) is 4.74 Å². The maximum atomic E-state index is 12.5. The summed E-state index contributed by atoms with van der Waals surface area (Å²) in [5.74, 6) is -0.871. The Labute approximate surface area is 172 Å². The van der Waals surface area contributed by atoms with Gasteiger partial charge in [0.1, 0.15) is 0 Å². The molecule has 0 unspecified atom stereocenters. The van der Waals surface area contributed by atoms with E-state index in [9.17, 15) is 9.59 Å². The third-order valence-corrected chi connectivity index (χ3v) is 5.75. The van der Waals surface area contributed by atoms with Crippen LogP contribution in [0.3, 0.4) is 0 Å². The molecule has 0 spiro atoms. The molecule has 0 atom stereocenters. The van der Waals surface area contributed by atoms with Crippen molar-refractivity contribution in [2.45, 2.75) is 0 Å². The molecule has 3 aromatic rings. The van der Waals surface area contributed by atoms with E-state index in [-0.39, 0.29) is 16.6 Å². The predicted octanol–water partition coefficient (Wildman–Crippen LogP) is 3.19. The van der Waals surface area contributed by atoms with E-state index in [2.05, 4.69) is 20.8 Å². The molecule has 0 fully saturated rings. The summed E-state index contributed by atoms with van der Waals surface area (Å²) >= 11 is 8.66. The lowest BCUT2D eigenvalue weighted by Crippen LogP contribution is -2.18. The summed E-state index contributed by atoms with van der Waals surface area (Å²) in [6.45, 7) is 0.822. The van der Waals surface area contributed by atoms with Gasteiger partial charge in [0.05, 0.1) is 29.3 Å². The standard InChI is InChI=1S/C16H15ClN4O5S2/c1-24-5-4-18-9-7-10(26-15(23)11(9)25-2)13(22)19-16-21-20-14(28-16)12-8(17)3-6-27-12/h3,6-7,18H,4-5H2,1-2H3,(H,19,21,22). The first-order chi connectivity index (χ1) is 13.5. The molecule has 0 aliphatic heterocycles. The van der Waals surface area contributed by atoms with Crippen molar-refractivity contribution in [3.05, 3.63) is 38.7 Å².